The standard InChI is InChI=1S/C20H22N2O4/c1-4-6-15-9-10-18(19(11-15)25-3)26-13-20(24)22-17-8-5-7-16(12-17)21-14(2)23/h4-12H,13H2,1-3H3,(H,21,23)(H,22,24)/b6-4+. The number of benzene rings is 2. The average Bonchev–Trinajstić information content (AvgIpc) is 2.60. The van der Waals surface area contributed by atoms with Crippen molar-refractivity contribution >= 4 is 29.3 Å². The molecule has 6 nitrogen and oxygen atoms in total. The molecule has 2 aromatic carbocycles. The highest BCUT2D eigenvalue weighted by Gasteiger charge is 2.09. The fraction of sp³-hybridized carbons (Fsp3) is 0.200. The Morgan fingerprint density at radius 1 is 1.04 bits per heavy atom. The molecule has 0 saturated heterocycles. The van der Waals surface area contributed by atoms with Crippen LogP contribution in [0, 0.1) is 0 Å². The Kier molecular flexibility index (Phi) is 6.79. The average molecular weight is 354 g/mol. The van der Waals surface area contributed by atoms with E-state index in [2.05, 4.69) is 10.6 Å². The SMILES string of the molecule is C/C=C/c1ccc(OCC(=O)Nc2cccc(NC(C)=O)c2)c(OC)c1. The highest BCUT2D eigenvalue weighted by atomic mass is 16.5. The first-order chi connectivity index (χ1) is 12.5. The van der Waals surface area contributed by atoms with Crippen LogP contribution in [0.4, 0.5) is 11.4 Å². The van der Waals surface area contributed by atoms with Gasteiger partial charge in [-0.15, -0.1) is 0 Å². The van der Waals surface area contributed by atoms with Gasteiger partial charge < -0.3 is 20.1 Å². The Balaban J connectivity index is 1.97. The molecule has 26 heavy (non-hydrogen) atoms. The predicted molar refractivity (Wildman–Crippen MR) is 103 cm³/mol. The summed E-state index contributed by atoms with van der Waals surface area (Å²) in [6.07, 6.45) is 3.87. The van der Waals surface area contributed by atoms with E-state index in [9.17, 15) is 9.59 Å². The maximum atomic E-state index is 12.1. The fourth-order valence-electron chi connectivity index (χ4n) is 2.32. The number of hydrogen-bond donors (Lipinski definition) is 2. The zero-order valence-corrected chi connectivity index (χ0v) is 15.0. The lowest BCUT2D eigenvalue weighted by molar-refractivity contribution is -0.118. The Bertz CT molecular complexity index is 815. The second-order valence-corrected chi connectivity index (χ2v) is 5.51. The van der Waals surface area contributed by atoms with Crippen LogP contribution in [0.25, 0.3) is 6.08 Å². The molecule has 2 amide bonds. The third-order valence-electron chi connectivity index (χ3n) is 3.37. The summed E-state index contributed by atoms with van der Waals surface area (Å²) in [5.41, 5.74) is 2.16. The zero-order valence-electron chi connectivity index (χ0n) is 15.0. The van der Waals surface area contributed by atoms with E-state index in [4.69, 9.17) is 9.47 Å². The van der Waals surface area contributed by atoms with E-state index < -0.39 is 0 Å². The molecule has 0 heterocycles. The maximum Gasteiger partial charge on any atom is 0.262 e. The maximum absolute atomic E-state index is 12.1. The summed E-state index contributed by atoms with van der Waals surface area (Å²) in [5.74, 6) is 0.554. The van der Waals surface area contributed by atoms with Crippen molar-refractivity contribution < 1.29 is 19.1 Å². The number of methoxy groups -OCH3 is 1. The monoisotopic (exact) mass is 354 g/mol. The van der Waals surface area contributed by atoms with Crippen molar-refractivity contribution in [2.24, 2.45) is 0 Å². The molecular formula is C20H22N2O4. The molecule has 0 spiro atoms. The topological polar surface area (TPSA) is 76.7 Å². The number of carbonyl (C=O) groups excluding carboxylic acids is 2. The summed E-state index contributed by atoms with van der Waals surface area (Å²) in [6, 6.07) is 12.4. The van der Waals surface area contributed by atoms with E-state index in [0.717, 1.165) is 5.56 Å². The Hall–Kier alpha value is -3.28. The summed E-state index contributed by atoms with van der Waals surface area (Å²) in [5, 5.41) is 5.39. The van der Waals surface area contributed by atoms with Crippen molar-refractivity contribution in [3.63, 3.8) is 0 Å². The molecule has 2 rings (SSSR count). The van der Waals surface area contributed by atoms with Crippen LogP contribution in [0.3, 0.4) is 0 Å². The molecule has 2 aromatic rings. The highest BCUT2D eigenvalue weighted by molar-refractivity contribution is 5.94. The molecule has 0 saturated carbocycles. The van der Waals surface area contributed by atoms with E-state index in [1.165, 1.54) is 6.92 Å². The Morgan fingerprint density at radius 2 is 1.77 bits per heavy atom. The van der Waals surface area contributed by atoms with Crippen LogP contribution in [0.2, 0.25) is 0 Å². The third-order valence-corrected chi connectivity index (χ3v) is 3.37. The molecule has 0 unspecified atom stereocenters. The van der Waals surface area contributed by atoms with E-state index in [1.807, 2.05) is 31.2 Å². The first kappa shape index (κ1) is 19.1. The number of allylic oxidation sites excluding steroid dienone is 1. The normalized spacial score (nSPS) is 10.4. The molecule has 0 aliphatic heterocycles. The number of hydrogen-bond acceptors (Lipinski definition) is 4. The second kappa shape index (κ2) is 9.27. The second-order valence-electron chi connectivity index (χ2n) is 5.51. The van der Waals surface area contributed by atoms with Crippen LogP contribution in [-0.4, -0.2) is 25.5 Å². The number of rotatable bonds is 7. The lowest BCUT2D eigenvalue weighted by atomic mass is 10.2. The van der Waals surface area contributed by atoms with Crippen molar-refractivity contribution in [3.8, 4) is 11.5 Å². The minimum Gasteiger partial charge on any atom is -0.493 e. The zero-order chi connectivity index (χ0) is 18.9. The van der Waals surface area contributed by atoms with E-state index in [0.29, 0.717) is 22.9 Å². The minimum atomic E-state index is -0.315. The van der Waals surface area contributed by atoms with Crippen LogP contribution in [0.5, 0.6) is 11.5 Å². The van der Waals surface area contributed by atoms with E-state index in [-0.39, 0.29) is 18.4 Å². The van der Waals surface area contributed by atoms with Gasteiger partial charge in [0.05, 0.1) is 7.11 Å². The Morgan fingerprint density at radius 3 is 2.42 bits per heavy atom. The number of ether oxygens (including phenoxy) is 2. The van der Waals surface area contributed by atoms with Crippen molar-refractivity contribution in [1.82, 2.24) is 0 Å². The molecule has 0 radical (unpaired) electrons. The Labute approximate surface area is 152 Å². The van der Waals surface area contributed by atoms with Gasteiger partial charge in [0.2, 0.25) is 5.91 Å². The summed E-state index contributed by atoms with van der Waals surface area (Å²) in [6.45, 7) is 3.19. The van der Waals surface area contributed by atoms with Crippen LogP contribution in [0.1, 0.15) is 19.4 Å². The quantitative estimate of drug-likeness (QED) is 0.795. The smallest absolute Gasteiger partial charge is 0.262 e. The van der Waals surface area contributed by atoms with Crippen molar-refractivity contribution in [2.45, 2.75) is 13.8 Å². The molecule has 0 bridgehead atoms. The van der Waals surface area contributed by atoms with Gasteiger partial charge >= 0.3 is 0 Å². The molecule has 2 N–H and O–H groups in total. The van der Waals surface area contributed by atoms with E-state index in [1.54, 1.807) is 37.4 Å². The molecule has 0 atom stereocenters. The lowest BCUT2D eigenvalue weighted by Gasteiger charge is -2.12. The van der Waals surface area contributed by atoms with Gasteiger partial charge in [-0.25, -0.2) is 0 Å². The van der Waals surface area contributed by atoms with Crippen molar-refractivity contribution in [2.75, 3.05) is 24.4 Å². The van der Waals surface area contributed by atoms with E-state index >= 15 is 0 Å². The van der Waals surface area contributed by atoms with Gasteiger partial charge in [-0.1, -0.05) is 24.3 Å². The molecule has 0 fully saturated rings. The summed E-state index contributed by atoms with van der Waals surface area (Å²) in [4.78, 5) is 23.2. The molecule has 0 aromatic heterocycles. The lowest BCUT2D eigenvalue weighted by Crippen LogP contribution is -2.20. The van der Waals surface area contributed by atoms with Gasteiger partial charge in [0.15, 0.2) is 18.1 Å². The first-order valence-electron chi connectivity index (χ1n) is 8.13. The fourth-order valence-corrected chi connectivity index (χ4v) is 2.32. The van der Waals surface area contributed by atoms with Gasteiger partial charge in [-0.2, -0.15) is 0 Å². The summed E-state index contributed by atoms with van der Waals surface area (Å²) < 4.78 is 10.9. The van der Waals surface area contributed by atoms with Gasteiger partial charge in [-0.3, -0.25) is 9.59 Å². The van der Waals surface area contributed by atoms with Crippen molar-refractivity contribution in [3.05, 3.63) is 54.1 Å². The summed E-state index contributed by atoms with van der Waals surface area (Å²) >= 11 is 0. The largest absolute Gasteiger partial charge is 0.493 e. The van der Waals surface area contributed by atoms with Gasteiger partial charge in [0, 0.05) is 18.3 Å². The predicted octanol–water partition coefficient (Wildman–Crippen LogP) is 3.70. The number of carbonyl (C=O) groups is 2. The molecule has 0 aliphatic rings. The number of anilines is 2. The molecule has 6 heteroatoms. The molecular weight excluding hydrogens is 332 g/mol. The first-order valence-corrected chi connectivity index (χ1v) is 8.13. The van der Waals surface area contributed by atoms with Crippen molar-refractivity contribution in [1.29, 1.82) is 0 Å². The minimum absolute atomic E-state index is 0.163. The number of amides is 2. The van der Waals surface area contributed by atoms with Crippen LogP contribution >= 0.6 is 0 Å². The molecule has 136 valence electrons. The third kappa shape index (κ3) is 5.66. The highest BCUT2D eigenvalue weighted by Crippen LogP contribution is 2.28. The number of nitrogens with one attached hydrogen (secondary N) is 2. The van der Waals surface area contributed by atoms with Gasteiger partial charge in [-0.05, 0) is 42.8 Å². The molecule has 0 aliphatic carbocycles. The van der Waals surface area contributed by atoms with Crippen LogP contribution < -0.4 is 20.1 Å². The van der Waals surface area contributed by atoms with Gasteiger partial charge in [0.25, 0.3) is 5.91 Å². The summed E-state index contributed by atoms with van der Waals surface area (Å²) in [7, 11) is 1.55. The van der Waals surface area contributed by atoms with Gasteiger partial charge in [0.1, 0.15) is 0 Å². The van der Waals surface area contributed by atoms with Crippen LogP contribution in [0.15, 0.2) is 48.5 Å². The van der Waals surface area contributed by atoms with Crippen LogP contribution in [-0.2, 0) is 9.59 Å².